The van der Waals surface area contributed by atoms with Crippen molar-refractivity contribution in [3.8, 4) is 0 Å². The van der Waals surface area contributed by atoms with Crippen LogP contribution in [0.4, 0.5) is 0 Å². The Balaban J connectivity index is 2.37. The van der Waals surface area contributed by atoms with Crippen LogP contribution in [0, 0.1) is 0 Å². The van der Waals surface area contributed by atoms with Gasteiger partial charge in [-0.05, 0) is 12.1 Å². The van der Waals surface area contributed by atoms with Gasteiger partial charge >= 0.3 is 0 Å². The van der Waals surface area contributed by atoms with Gasteiger partial charge in [-0.25, -0.2) is 4.98 Å². The first-order chi connectivity index (χ1) is 7.72. The van der Waals surface area contributed by atoms with Crippen molar-refractivity contribution in [3.05, 3.63) is 35.9 Å². The van der Waals surface area contributed by atoms with Gasteiger partial charge in [0.1, 0.15) is 5.82 Å². The molecule has 0 amide bonds. The van der Waals surface area contributed by atoms with Crippen LogP contribution in [-0.2, 0) is 13.0 Å². The lowest BCUT2D eigenvalue weighted by atomic mass is 10.3. The topological polar surface area (TPSA) is 29.3 Å². The molecule has 3 heteroatoms. The molecule has 0 bridgehead atoms. The van der Waals surface area contributed by atoms with E-state index in [-0.39, 0.29) is 0 Å². The van der Waals surface area contributed by atoms with Gasteiger partial charge in [-0.15, -0.1) is 0 Å². The van der Waals surface area contributed by atoms with E-state index in [1.54, 1.807) is 0 Å². The van der Waals surface area contributed by atoms with Gasteiger partial charge in [0.25, 0.3) is 0 Å². The molecule has 0 aliphatic carbocycles. The van der Waals surface area contributed by atoms with Crippen LogP contribution in [-0.4, -0.2) is 15.4 Å². The smallest absolute Gasteiger partial charge is 0.113 e. The second kappa shape index (κ2) is 4.66. The van der Waals surface area contributed by atoms with Crippen molar-refractivity contribution in [1.29, 1.82) is 0 Å². The van der Waals surface area contributed by atoms with Crippen molar-refractivity contribution >= 4 is 5.52 Å². The highest BCUT2D eigenvalue weighted by Gasteiger charge is 2.08. The van der Waals surface area contributed by atoms with E-state index in [1.165, 1.54) is 5.52 Å². The summed E-state index contributed by atoms with van der Waals surface area (Å²) in [4.78, 5) is 4.68. The first-order valence-electron chi connectivity index (χ1n) is 5.90. The molecular weight excluding hydrogens is 198 g/mol. The number of aromatic nitrogens is 2. The zero-order chi connectivity index (χ0) is 11.5. The van der Waals surface area contributed by atoms with E-state index < -0.39 is 0 Å². The number of aryl methyl sites for hydroxylation is 1. The number of rotatable bonds is 4. The molecule has 0 spiro atoms. The van der Waals surface area contributed by atoms with Crippen LogP contribution in [0.5, 0.6) is 0 Å². The highest BCUT2D eigenvalue weighted by atomic mass is 15.0. The average molecular weight is 217 g/mol. The number of hydrogen-bond donors (Lipinski definition) is 1. The minimum Gasteiger partial charge on any atom is -0.309 e. The van der Waals surface area contributed by atoms with Crippen molar-refractivity contribution < 1.29 is 0 Å². The monoisotopic (exact) mass is 217 g/mol. The molecule has 0 fully saturated rings. The number of imidazole rings is 1. The van der Waals surface area contributed by atoms with Crippen LogP contribution in [0.3, 0.4) is 0 Å². The second-order valence-corrected chi connectivity index (χ2v) is 4.32. The van der Waals surface area contributed by atoms with Gasteiger partial charge in [0, 0.05) is 25.2 Å². The molecule has 2 aromatic heterocycles. The number of pyridine rings is 1. The lowest BCUT2D eigenvalue weighted by Gasteiger charge is -2.05. The molecule has 3 nitrogen and oxygen atoms in total. The molecule has 86 valence electrons. The third-order valence-electron chi connectivity index (χ3n) is 2.69. The maximum absolute atomic E-state index is 4.68. The molecule has 2 heterocycles. The Hall–Kier alpha value is -1.35. The summed E-state index contributed by atoms with van der Waals surface area (Å²) in [7, 11) is 0. The fourth-order valence-electron chi connectivity index (χ4n) is 1.85. The summed E-state index contributed by atoms with van der Waals surface area (Å²) < 4.78 is 2.18. The number of fused-ring (bicyclic) bond motifs is 1. The minimum absolute atomic E-state index is 0.491. The van der Waals surface area contributed by atoms with E-state index >= 15 is 0 Å². The maximum Gasteiger partial charge on any atom is 0.113 e. The van der Waals surface area contributed by atoms with Crippen LogP contribution in [0.2, 0.25) is 0 Å². The predicted octanol–water partition coefficient (Wildman–Crippen LogP) is 2.39. The van der Waals surface area contributed by atoms with Crippen molar-refractivity contribution in [3.63, 3.8) is 0 Å². The van der Waals surface area contributed by atoms with Gasteiger partial charge in [0.05, 0.1) is 11.2 Å². The highest BCUT2D eigenvalue weighted by Crippen LogP contribution is 2.13. The van der Waals surface area contributed by atoms with Crippen LogP contribution in [0.25, 0.3) is 5.52 Å². The lowest BCUT2D eigenvalue weighted by Crippen LogP contribution is -2.22. The first-order valence-corrected chi connectivity index (χ1v) is 5.90. The van der Waals surface area contributed by atoms with E-state index in [9.17, 15) is 0 Å². The summed E-state index contributed by atoms with van der Waals surface area (Å²) in [5, 5.41) is 3.42. The fraction of sp³-hybridized carbons (Fsp3) is 0.462. The molecule has 0 unspecified atom stereocenters. The molecule has 0 atom stereocenters. The summed E-state index contributed by atoms with van der Waals surface area (Å²) in [5.74, 6) is 1.14. The second-order valence-electron chi connectivity index (χ2n) is 4.32. The summed E-state index contributed by atoms with van der Waals surface area (Å²) in [5.41, 5.74) is 2.36. The third kappa shape index (κ3) is 2.09. The Morgan fingerprint density at radius 3 is 2.88 bits per heavy atom. The largest absolute Gasteiger partial charge is 0.309 e. The molecule has 0 saturated carbocycles. The van der Waals surface area contributed by atoms with Gasteiger partial charge in [-0.2, -0.15) is 0 Å². The van der Waals surface area contributed by atoms with E-state index in [2.05, 4.69) is 53.8 Å². The molecular formula is C13H19N3. The normalized spacial score (nSPS) is 11.5. The van der Waals surface area contributed by atoms with Gasteiger partial charge in [-0.3, -0.25) is 0 Å². The Morgan fingerprint density at radius 2 is 2.19 bits per heavy atom. The van der Waals surface area contributed by atoms with Crippen LogP contribution in [0.15, 0.2) is 24.4 Å². The predicted molar refractivity (Wildman–Crippen MR) is 66.5 cm³/mol. The van der Waals surface area contributed by atoms with Gasteiger partial charge < -0.3 is 9.72 Å². The van der Waals surface area contributed by atoms with Crippen molar-refractivity contribution in [1.82, 2.24) is 14.7 Å². The fourth-order valence-corrected chi connectivity index (χ4v) is 1.85. The molecule has 0 aliphatic heterocycles. The first kappa shape index (κ1) is 11.1. The highest BCUT2D eigenvalue weighted by molar-refractivity contribution is 5.53. The lowest BCUT2D eigenvalue weighted by molar-refractivity contribution is 0.584. The van der Waals surface area contributed by atoms with Crippen molar-refractivity contribution in [2.75, 3.05) is 0 Å². The molecule has 1 N–H and O–H groups in total. The van der Waals surface area contributed by atoms with Crippen LogP contribution < -0.4 is 5.32 Å². The molecule has 0 aromatic carbocycles. The molecule has 16 heavy (non-hydrogen) atoms. The summed E-state index contributed by atoms with van der Waals surface area (Å²) in [6.45, 7) is 7.28. The van der Waals surface area contributed by atoms with Crippen molar-refractivity contribution in [2.24, 2.45) is 0 Å². The van der Waals surface area contributed by atoms with Gasteiger partial charge in [0.15, 0.2) is 0 Å². The molecule has 2 aromatic rings. The number of hydrogen-bond acceptors (Lipinski definition) is 2. The number of nitrogens with one attached hydrogen (secondary N) is 1. The summed E-state index contributed by atoms with van der Waals surface area (Å²) >= 11 is 0. The third-order valence-corrected chi connectivity index (χ3v) is 2.69. The van der Waals surface area contributed by atoms with E-state index in [4.69, 9.17) is 0 Å². The Labute approximate surface area is 96.5 Å². The van der Waals surface area contributed by atoms with E-state index in [1.807, 2.05) is 6.07 Å². The Bertz CT molecular complexity index is 471. The molecule has 2 rings (SSSR count). The molecule has 0 aliphatic rings. The number of nitrogens with zero attached hydrogens (tertiary/aromatic N) is 2. The van der Waals surface area contributed by atoms with Crippen molar-refractivity contribution in [2.45, 2.75) is 39.8 Å². The van der Waals surface area contributed by atoms with Crippen LogP contribution >= 0.6 is 0 Å². The standard InChI is InChI=1S/C13H19N3/c1-4-13-15-11(9-14-10(2)3)12-7-5-6-8-16(12)13/h5-8,10,14H,4,9H2,1-3H3. The van der Waals surface area contributed by atoms with Gasteiger partial charge in [-0.1, -0.05) is 26.8 Å². The van der Waals surface area contributed by atoms with Gasteiger partial charge in [0.2, 0.25) is 0 Å². The summed E-state index contributed by atoms with van der Waals surface area (Å²) in [6.07, 6.45) is 3.05. The zero-order valence-corrected chi connectivity index (χ0v) is 10.2. The maximum atomic E-state index is 4.68. The van der Waals surface area contributed by atoms with Crippen LogP contribution in [0.1, 0.15) is 32.3 Å². The van der Waals surface area contributed by atoms with E-state index in [0.717, 1.165) is 24.5 Å². The molecule has 0 saturated heterocycles. The molecule has 0 radical (unpaired) electrons. The zero-order valence-electron chi connectivity index (χ0n) is 10.2. The van der Waals surface area contributed by atoms with E-state index in [0.29, 0.717) is 6.04 Å². The quantitative estimate of drug-likeness (QED) is 0.852. The summed E-state index contributed by atoms with van der Waals surface area (Å²) in [6, 6.07) is 6.73. The Morgan fingerprint density at radius 1 is 1.38 bits per heavy atom. The Kier molecular flexibility index (Phi) is 3.25. The minimum atomic E-state index is 0.491. The SMILES string of the molecule is CCc1nc(CNC(C)C)c2ccccn12. The average Bonchev–Trinajstić information content (AvgIpc) is 2.65.